The summed E-state index contributed by atoms with van der Waals surface area (Å²) in [6, 6.07) is 4.51. The molecule has 6 heteroatoms. The van der Waals surface area contributed by atoms with Crippen molar-refractivity contribution in [2.75, 3.05) is 11.9 Å². The Morgan fingerprint density at radius 1 is 1.44 bits per heavy atom. The molecule has 1 amide bonds. The van der Waals surface area contributed by atoms with Gasteiger partial charge in [0, 0.05) is 10.2 Å². The molecule has 1 aromatic rings. The van der Waals surface area contributed by atoms with Gasteiger partial charge in [0.2, 0.25) is 0 Å². The summed E-state index contributed by atoms with van der Waals surface area (Å²) in [4.78, 5) is 22.3. The van der Waals surface area contributed by atoms with Gasteiger partial charge in [0.1, 0.15) is 0 Å². The number of amides is 1. The highest BCUT2D eigenvalue weighted by atomic mass is 79.9. The third-order valence-corrected chi connectivity index (χ3v) is 2.68. The fourth-order valence-electron chi connectivity index (χ4n) is 1.16. The molecule has 0 saturated carbocycles. The van der Waals surface area contributed by atoms with Gasteiger partial charge >= 0.3 is 12.1 Å². The van der Waals surface area contributed by atoms with E-state index >= 15 is 0 Å². The van der Waals surface area contributed by atoms with Crippen molar-refractivity contribution in [1.82, 2.24) is 0 Å². The number of carboxylic acid groups (broad SMARTS) is 1. The zero-order chi connectivity index (χ0) is 13.7. The molecule has 0 bridgehead atoms. The van der Waals surface area contributed by atoms with Crippen molar-refractivity contribution < 1.29 is 19.4 Å². The predicted molar refractivity (Wildman–Crippen MR) is 70.9 cm³/mol. The van der Waals surface area contributed by atoms with E-state index in [-0.39, 0.29) is 11.5 Å². The minimum absolute atomic E-state index is 0.0802. The largest absolute Gasteiger partial charge is 0.478 e. The topological polar surface area (TPSA) is 75.6 Å². The van der Waals surface area contributed by atoms with Crippen molar-refractivity contribution in [1.29, 1.82) is 0 Å². The van der Waals surface area contributed by atoms with Gasteiger partial charge in [-0.15, -0.1) is 0 Å². The summed E-state index contributed by atoms with van der Waals surface area (Å²) in [5, 5.41) is 11.4. The standard InChI is InChI=1S/C12H14BrNO4/c1-7(2)6-18-12(17)14-8-3-4-10(13)9(5-8)11(15)16/h3-5,7H,6H2,1-2H3,(H,14,17)(H,15,16). The van der Waals surface area contributed by atoms with E-state index in [9.17, 15) is 9.59 Å². The van der Waals surface area contributed by atoms with Gasteiger partial charge in [0.25, 0.3) is 0 Å². The molecule has 0 atom stereocenters. The third kappa shape index (κ3) is 4.37. The number of hydrogen-bond acceptors (Lipinski definition) is 3. The van der Waals surface area contributed by atoms with Crippen LogP contribution in [0.15, 0.2) is 22.7 Å². The molecule has 1 aromatic carbocycles. The van der Waals surface area contributed by atoms with E-state index in [1.54, 1.807) is 12.1 Å². The van der Waals surface area contributed by atoms with E-state index in [2.05, 4.69) is 21.2 Å². The monoisotopic (exact) mass is 315 g/mol. The minimum Gasteiger partial charge on any atom is -0.478 e. The molecule has 0 aliphatic carbocycles. The highest BCUT2D eigenvalue weighted by Crippen LogP contribution is 2.21. The van der Waals surface area contributed by atoms with Gasteiger partial charge in [0.15, 0.2) is 0 Å². The number of carbonyl (C=O) groups is 2. The lowest BCUT2D eigenvalue weighted by Crippen LogP contribution is -2.16. The van der Waals surface area contributed by atoms with E-state index in [1.807, 2.05) is 13.8 Å². The van der Waals surface area contributed by atoms with Crippen LogP contribution in [0.25, 0.3) is 0 Å². The highest BCUT2D eigenvalue weighted by Gasteiger charge is 2.11. The number of aromatic carboxylic acids is 1. The maximum Gasteiger partial charge on any atom is 0.411 e. The SMILES string of the molecule is CC(C)COC(=O)Nc1ccc(Br)c(C(=O)O)c1. The van der Waals surface area contributed by atoms with Gasteiger partial charge < -0.3 is 9.84 Å². The minimum atomic E-state index is -1.07. The van der Waals surface area contributed by atoms with E-state index in [4.69, 9.17) is 9.84 Å². The molecule has 2 N–H and O–H groups in total. The summed E-state index contributed by atoms with van der Waals surface area (Å²) >= 11 is 3.12. The summed E-state index contributed by atoms with van der Waals surface area (Å²) in [5.41, 5.74) is 0.459. The summed E-state index contributed by atoms with van der Waals surface area (Å²) in [7, 11) is 0. The molecular formula is C12H14BrNO4. The van der Waals surface area contributed by atoms with Gasteiger partial charge in [-0.05, 0) is 40.0 Å². The molecule has 0 fully saturated rings. The van der Waals surface area contributed by atoms with Crippen molar-refractivity contribution in [3.05, 3.63) is 28.2 Å². The Kier molecular flexibility index (Phi) is 5.15. The van der Waals surface area contributed by atoms with Crippen LogP contribution in [0.2, 0.25) is 0 Å². The Balaban J connectivity index is 2.70. The number of benzene rings is 1. The Labute approximate surface area is 113 Å². The first-order valence-corrected chi connectivity index (χ1v) is 6.16. The average Bonchev–Trinajstić information content (AvgIpc) is 2.28. The van der Waals surface area contributed by atoms with Gasteiger partial charge in [-0.1, -0.05) is 13.8 Å². The van der Waals surface area contributed by atoms with Crippen LogP contribution >= 0.6 is 15.9 Å². The van der Waals surface area contributed by atoms with E-state index in [0.717, 1.165) is 0 Å². The lowest BCUT2D eigenvalue weighted by atomic mass is 10.2. The number of nitrogens with one attached hydrogen (secondary N) is 1. The lowest BCUT2D eigenvalue weighted by molar-refractivity contribution is 0.0695. The Morgan fingerprint density at radius 3 is 2.67 bits per heavy atom. The van der Waals surface area contributed by atoms with Crippen molar-refractivity contribution in [2.24, 2.45) is 5.92 Å². The molecule has 0 saturated heterocycles. The smallest absolute Gasteiger partial charge is 0.411 e. The van der Waals surface area contributed by atoms with Crippen molar-refractivity contribution >= 4 is 33.7 Å². The van der Waals surface area contributed by atoms with Crippen LogP contribution in [0, 0.1) is 5.92 Å². The van der Waals surface area contributed by atoms with Crippen LogP contribution < -0.4 is 5.32 Å². The summed E-state index contributed by atoms with van der Waals surface area (Å²) in [5.74, 6) is -0.823. The Hall–Kier alpha value is -1.56. The maximum absolute atomic E-state index is 11.4. The molecule has 1 rings (SSSR count). The first-order chi connectivity index (χ1) is 8.40. The van der Waals surface area contributed by atoms with Crippen molar-refractivity contribution in [2.45, 2.75) is 13.8 Å². The maximum atomic E-state index is 11.4. The Morgan fingerprint density at radius 2 is 2.11 bits per heavy atom. The van der Waals surface area contributed by atoms with Crippen LogP contribution in [0.1, 0.15) is 24.2 Å². The zero-order valence-corrected chi connectivity index (χ0v) is 11.7. The second-order valence-corrected chi connectivity index (χ2v) is 4.97. The molecule has 0 heterocycles. The van der Waals surface area contributed by atoms with Crippen LogP contribution in [0.3, 0.4) is 0 Å². The molecule has 98 valence electrons. The van der Waals surface area contributed by atoms with Crippen LogP contribution in [0.4, 0.5) is 10.5 Å². The lowest BCUT2D eigenvalue weighted by Gasteiger charge is -2.09. The van der Waals surface area contributed by atoms with E-state index in [0.29, 0.717) is 16.8 Å². The summed E-state index contributed by atoms with van der Waals surface area (Å²) in [6.45, 7) is 4.17. The summed E-state index contributed by atoms with van der Waals surface area (Å²) in [6.07, 6.45) is -0.595. The molecule has 5 nitrogen and oxygen atoms in total. The molecule has 0 aliphatic heterocycles. The average molecular weight is 316 g/mol. The second kappa shape index (κ2) is 6.39. The number of anilines is 1. The first kappa shape index (κ1) is 14.5. The molecule has 0 aliphatic rings. The highest BCUT2D eigenvalue weighted by molar-refractivity contribution is 9.10. The molecule has 18 heavy (non-hydrogen) atoms. The third-order valence-electron chi connectivity index (χ3n) is 1.99. The fraction of sp³-hybridized carbons (Fsp3) is 0.333. The number of carbonyl (C=O) groups excluding carboxylic acids is 1. The number of rotatable bonds is 4. The first-order valence-electron chi connectivity index (χ1n) is 5.36. The number of hydrogen-bond donors (Lipinski definition) is 2. The molecule has 0 radical (unpaired) electrons. The van der Waals surface area contributed by atoms with E-state index < -0.39 is 12.1 Å². The van der Waals surface area contributed by atoms with Crippen LogP contribution in [-0.4, -0.2) is 23.8 Å². The predicted octanol–water partition coefficient (Wildman–Crippen LogP) is 3.35. The van der Waals surface area contributed by atoms with Gasteiger partial charge in [0.05, 0.1) is 12.2 Å². The molecular weight excluding hydrogens is 302 g/mol. The molecule has 0 unspecified atom stereocenters. The van der Waals surface area contributed by atoms with E-state index in [1.165, 1.54) is 6.07 Å². The molecule has 0 aromatic heterocycles. The molecule has 0 spiro atoms. The number of ether oxygens (including phenoxy) is 1. The fourth-order valence-corrected chi connectivity index (χ4v) is 1.58. The van der Waals surface area contributed by atoms with Crippen molar-refractivity contribution in [3.8, 4) is 0 Å². The van der Waals surface area contributed by atoms with Crippen LogP contribution in [0.5, 0.6) is 0 Å². The van der Waals surface area contributed by atoms with Crippen molar-refractivity contribution in [3.63, 3.8) is 0 Å². The second-order valence-electron chi connectivity index (χ2n) is 4.12. The quantitative estimate of drug-likeness (QED) is 0.893. The number of halogens is 1. The van der Waals surface area contributed by atoms with Gasteiger partial charge in [-0.2, -0.15) is 0 Å². The van der Waals surface area contributed by atoms with Crippen LogP contribution in [-0.2, 0) is 4.74 Å². The Bertz CT molecular complexity index is 459. The van der Waals surface area contributed by atoms with Gasteiger partial charge in [-0.25, -0.2) is 9.59 Å². The number of carboxylic acids is 1. The zero-order valence-electron chi connectivity index (χ0n) is 10.1. The normalized spacial score (nSPS) is 10.2. The summed E-state index contributed by atoms with van der Waals surface area (Å²) < 4.78 is 5.38. The van der Waals surface area contributed by atoms with Gasteiger partial charge in [-0.3, -0.25) is 5.32 Å².